The van der Waals surface area contributed by atoms with Gasteiger partial charge in [-0.3, -0.25) is 14.3 Å². The fourth-order valence-electron chi connectivity index (χ4n) is 3.62. The van der Waals surface area contributed by atoms with E-state index in [9.17, 15) is 10.1 Å². The lowest BCUT2D eigenvalue weighted by Gasteiger charge is -2.17. The van der Waals surface area contributed by atoms with Gasteiger partial charge in [0.25, 0.3) is 0 Å². The number of nitriles is 1. The molecule has 1 aliphatic carbocycles. The topological polar surface area (TPSA) is 96.5 Å². The molecule has 1 aliphatic rings. The number of nitrogens with zero attached hydrogens (tertiary/aromatic N) is 5. The van der Waals surface area contributed by atoms with Crippen molar-refractivity contribution in [3.63, 3.8) is 0 Å². The van der Waals surface area contributed by atoms with E-state index in [1.54, 1.807) is 12.3 Å². The van der Waals surface area contributed by atoms with E-state index in [1.165, 1.54) is 28.0 Å². The van der Waals surface area contributed by atoms with E-state index in [0.717, 1.165) is 24.8 Å². The third-order valence-electron chi connectivity index (χ3n) is 5.13. The maximum Gasteiger partial charge on any atom is 0.235 e. The Bertz CT molecular complexity index is 1140. The minimum absolute atomic E-state index is 0.166. The number of carbonyl (C=O) groups excluding carboxylic acids is 1. The van der Waals surface area contributed by atoms with Crippen molar-refractivity contribution in [3.05, 3.63) is 53.1 Å². The van der Waals surface area contributed by atoms with E-state index in [0.29, 0.717) is 39.7 Å². The van der Waals surface area contributed by atoms with Gasteiger partial charge >= 0.3 is 0 Å². The highest BCUT2D eigenvalue weighted by atomic mass is 32.2. The van der Waals surface area contributed by atoms with Crippen molar-refractivity contribution in [3.8, 4) is 17.6 Å². The summed E-state index contributed by atoms with van der Waals surface area (Å²) >= 11 is 2.84. The Morgan fingerprint density at radius 3 is 3.10 bits per heavy atom. The number of hydrogen-bond acceptors (Lipinski definition) is 7. The Morgan fingerprint density at radius 2 is 2.35 bits per heavy atom. The number of aromatic nitrogens is 4. The number of anilines is 1. The molecule has 3 heterocycles. The number of amides is 1. The third-order valence-corrected chi connectivity index (χ3v) is 7.27. The zero-order valence-corrected chi connectivity index (χ0v) is 18.8. The smallest absolute Gasteiger partial charge is 0.235 e. The maximum atomic E-state index is 12.7. The molecule has 0 aromatic carbocycles. The number of allylic oxidation sites excluding steroid dienone is 1. The predicted octanol–water partition coefficient (Wildman–Crippen LogP) is 4.31. The van der Waals surface area contributed by atoms with Crippen LogP contribution in [-0.2, 0) is 24.2 Å². The summed E-state index contributed by atoms with van der Waals surface area (Å²) in [4.78, 5) is 18.2. The number of thioether (sulfide) groups is 1. The van der Waals surface area contributed by atoms with Crippen LogP contribution in [0.5, 0.6) is 0 Å². The predicted molar refractivity (Wildman–Crippen MR) is 123 cm³/mol. The van der Waals surface area contributed by atoms with E-state index in [1.807, 2.05) is 22.8 Å². The fourth-order valence-corrected chi connectivity index (χ4v) is 5.75. The van der Waals surface area contributed by atoms with Crippen LogP contribution in [0.3, 0.4) is 0 Å². The first-order valence-corrected chi connectivity index (χ1v) is 11.8. The molecule has 158 valence electrons. The minimum atomic E-state index is -0.166. The van der Waals surface area contributed by atoms with Crippen LogP contribution < -0.4 is 5.32 Å². The van der Waals surface area contributed by atoms with Crippen molar-refractivity contribution in [1.82, 2.24) is 19.7 Å². The number of nitrogens with one attached hydrogen (secondary N) is 1. The first kappa shape index (κ1) is 21.3. The molecule has 1 atom stereocenters. The number of hydrogen-bond donors (Lipinski definition) is 1. The van der Waals surface area contributed by atoms with Gasteiger partial charge in [0.1, 0.15) is 16.8 Å². The van der Waals surface area contributed by atoms with Gasteiger partial charge in [-0.05, 0) is 42.9 Å². The number of carbonyl (C=O) groups is 1. The van der Waals surface area contributed by atoms with Gasteiger partial charge in [-0.15, -0.1) is 28.1 Å². The lowest BCUT2D eigenvalue weighted by atomic mass is 9.89. The molecule has 3 aromatic heterocycles. The van der Waals surface area contributed by atoms with Crippen LogP contribution in [0.2, 0.25) is 0 Å². The highest BCUT2D eigenvalue weighted by Gasteiger charge is 2.25. The molecular formula is C22H22N6OS2. The fraction of sp³-hybridized carbons (Fsp3) is 0.318. The standard InChI is InChI=1S/C22H22N6OS2/c1-3-10-28-20(17-6-4-5-9-24-17)26-27-22(28)30-13-19(29)25-21-16(12-23)15-8-7-14(2)11-18(15)31-21/h3-6,9,14H,1,7-8,10-11,13H2,2H3,(H,25,29). The zero-order valence-electron chi connectivity index (χ0n) is 17.2. The minimum Gasteiger partial charge on any atom is -0.316 e. The van der Waals surface area contributed by atoms with Crippen molar-refractivity contribution >= 4 is 34.0 Å². The molecule has 4 rings (SSSR count). The first-order valence-electron chi connectivity index (χ1n) is 10.0. The molecule has 31 heavy (non-hydrogen) atoms. The van der Waals surface area contributed by atoms with Crippen LogP contribution >= 0.6 is 23.1 Å². The molecule has 0 saturated heterocycles. The molecule has 0 radical (unpaired) electrons. The second kappa shape index (κ2) is 9.45. The lowest BCUT2D eigenvalue weighted by Crippen LogP contribution is -2.15. The molecule has 3 aromatic rings. The Kier molecular flexibility index (Phi) is 6.49. The van der Waals surface area contributed by atoms with Crippen LogP contribution in [-0.4, -0.2) is 31.4 Å². The highest BCUT2D eigenvalue weighted by molar-refractivity contribution is 7.99. The number of fused-ring (bicyclic) bond motifs is 1. The number of thiophene rings is 1. The Morgan fingerprint density at radius 1 is 1.48 bits per heavy atom. The van der Waals surface area contributed by atoms with Gasteiger partial charge in [-0.25, -0.2) is 0 Å². The summed E-state index contributed by atoms with van der Waals surface area (Å²) in [5, 5.41) is 22.3. The SMILES string of the molecule is C=CCn1c(SCC(=O)Nc2sc3c(c2C#N)CCC(C)C3)nnc1-c1ccccn1. The number of rotatable bonds is 7. The van der Waals surface area contributed by atoms with Gasteiger partial charge in [0.15, 0.2) is 11.0 Å². The van der Waals surface area contributed by atoms with E-state index in [2.05, 4.69) is 40.1 Å². The van der Waals surface area contributed by atoms with E-state index < -0.39 is 0 Å². The number of pyridine rings is 1. The molecule has 1 unspecified atom stereocenters. The van der Waals surface area contributed by atoms with Gasteiger partial charge in [-0.2, -0.15) is 5.26 Å². The molecule has 0 saturated carbocycles. The summed E-state index contributed by atoms with van der Waals surface area (Å²) in [7, 11) is 0. The average molecular weight is 451 g/mol. The van der Waals surface area contributed by atoms with Crippen molar-refractivity contribution in [2.24, 2.45) is 5.92 Å². The average Bonchev–Trinajstić information content (AvgIpc) is 3.33. The maximum absolute atomic E-state index is 12.7. The van der Waals surface area contributed by atoms with Crippen molar-refractivity contribution in [1.29, 1.82) is 5.26 Å². The van der Waals surface area contributed by atoms with Gasteiger partial charge in [0.05, 0.1) is 11.3 Å². The van der Waals surface area contributed by atoms with E-state index in [4.69, 9.17) is 0 Å². The van der Waals surface area contributed by atoms with Crippen LogP contribution in [0.15, 0.2) is 42.2 Å². The van der Waals surface area contributed by atoms with Crippen molar-refractivity contribution in [2.75, 3.05) is 11.1 Å². The summed E-state index contributed by atoms with van der Waals surface area (Å²) in [6, 6.07) is 7.89. The van der Waals surface area contributed by atoms with Crippen molar-refractivity contribution < 1.29 is 4.79 Å². The summed E-state index contributed by atoms with van der Waals surface area (Å²) in [5.74, 6) is 1.25. The van der Waals surface area contributed by atoms with Gasteiger partial charge < -0.3 is 5.32 Å². The molecule has 0 spiro atoms. The Hall–Kier alpha value is -2.96. The van der Waals surface area contributed by atoms with Gasteiger partial charge in [-0.1, -0.05) is 30.8 Å². The Balaban J connectivity index is 1.47. The van der Waals surface area contributed by atoms with Crippen LogP contribution in [0.25, 0.3) is 11.5 Å². The zero-order chi connectivity index (χ0) is 21.8. The molecule has 1 N–H and O–H groups in total. The van der Waals surface area contributed by atoms with Gasteiger partial charge in [0.2, 0.25) is 5.91 Å². The Labute approximate surface area is 189 Å². The first-order chi connectivity index (χ1) is 15.1. The summed E-state index contributed by atoms with van der Waals surface area (Å²) in [6.45, 7) is 6.54. The van der Waals surface area contributed by atoms with Crippen LogP contribution in [0.4, 0.5) is 5.00 Å². The second-order valence-corrected chi connectivity index (χ2v) is 9.47. The summed E-state index contributed by atoms with van der Waals surface area (Å²) < 4.78 is 1.89. The third kappa shape index (κ3) is 4.55. The largest absolute Gasteiger partial charge is 0.316 e. The highest BCUT2D eigenvalue weighted by Crippen LogP contribution is 2.39. The van der Waals surface area contributed by atoms with E-state index in [-0.39, 0.29) is 11.7 Å². The molecule has 7 nitrogen and oxygen atoms in total. The molecule has 0 fully saturated rings. The monoisotopic (exact) mass is 450 g/mol. The van der Waals surface area contributed by atoms with Gasteiger partial charge in [0, 0.05) is 17.6 Å². The molecule has 9 heteroatoms. The lowest BCUT2D eigenvalue weighted by molar-refractivity contribution is -0.113. The van der Waals surface area contributed by atoms with Crippen LogP contribution in [0, 0.1) is 17.2 Å². The molecule has 0 bridgehead atoms. The quantitative estimate of drug-likeness (QED) is 0.425. The summed E-state index contributed by atoms with van der Waals surface area (Å²) in [6.07, 6.45) is 6.42. The molecular weight excluding hydrogens is 428 g/mol. The van der Waals surface area contributed by atoms with E-state index >= 15 is 0 Å². The van der Waals surface area contributed by atoms with Crippen LogP contribution in [0.1, 0.15) is 29.3 Å². The second-order valence-electron chi connectivity index (χ2n) is 7.42. The molecule has 1 amide bonds. The van der Waals surface area contributed by atoms with Crippen molar-refractivity contribution in [2.45, 2.75) is 37.9 Å². The molecule has 0 aliphatic heterocycles. The normalized spacial score (nSPS) is 15.2. The summed E-state index contributed by atoms with van der Waals surface area (Å²) in [5.41, 5.74) is 2.45.